The van der Waals surface area contributed by atoms with Gasteiger partial charge in [0, 0.05) is 74.7 Å². The number of para-hydroxylation sites is 3. The highest BCUT2D eigenvalue weighted by atomic mass is 16.5. The van der Waals surface area contributed by atoms with Gasteiger partial charge in [0.05, 0.1) is 5.69 Å². The van der Waals surface area contributed by atoms with Crippen molar-refractivity contribution in [1.29, 1.82) is 0 Å². The molecule has 0 N–H and O–H groups in total. The third kappa shape index (κ3) is 10.6. The average Bonchev–Trinajstić information content (AvgIpc) is 0.687. The number of nitrogens with zero attached hydrogens (tertiary/aromatic N) is 4. The van der Waals surface area contributed by atoms with Crippen LogP contribution in [0.4, 0.5) is 68.2 Å². The van der Waals surface area contributed by atoms with Crippen LogP contribution < -0.4 is 57.1 Å². The Labute approximate surface area is 630 Å². The fraction of sp³-hybridized carbons (Fsp3) is 0.100. The summed E-state index contributed by atoms with van der Waals surface area (Å²) in [5, 5.41) is 0. The highest BCUT2D eigenvalue weighted by molar-refractivity contribution is 7.02. The zero-order chi connectivity index (χ0) is 72.6. The average molecular weight is 1380 g/mol. The van der Waals surface area contributed by atoms with E-state index in [0.717, 1.165) is 96.2 Å². The smallest absolute Gasteiger partial charge is 0.256 e. The fourth-order valence-corrected chi connectivity index (χ4v) is 18.7. The van der Waals surface area contributed by atoms with Crippen LogP contribution in [0.25, 0.3) is 55.6 Å². The molecule has 0 unspecified atom stereocenters. The van der Waals surface area contributed by atoms with Gasteiger partial charge >= 0.3 is 0 Å². The summed E-state index contributed by atoms with van der Waals surface area (Å²) in [6.45, 7) is 21.9. The van der Waals surface area contributed by atoms with E-state index in [1.54, 1.807) is 0 Å². The number of hydrogen-bond donors (Lipinski definition) is 0. The van der Waals surface area contributed by atoms with Gasteiger partial charge < -0.3 is 24.3 Å². The monoisotopic (exact) mass is 1370 g/mol. The van der Waals surface area contributed by atoms with Crippen molar-refractivity contribution in [1.82, 2.24) is 0 Å². The number of hydrogen-bond acceptors (Lipinski definition) is 5. The normalized spacial score (nSPS) is 12.7. The van der Waals surface area contributed by atoms with Crippen molar-refractivity contribution in [2.45, 2.75) is 69.2 Å². The first-order valence-electron chi connectivity index (χ1n) is 37.6. The molecule has 0 bridgehead atoms. The van der Waals surface area contributed by atoms with Gasteiger partial charge in [0.1, 0.15) is 11.5 Å². The summed E-state index contributed by atoms with van der Waals surface area (Å²) >= 11 is 0. The molecule has 15 aromatic rings. The quantitative estimate of drug-likeness (QED) is 0.120. The minimum Gasteiger partial charge on any atom is -0.458 e. The molecular weight excluding hydrogens is 1290 g/mol. The first-order chi connectivity index (χ1) is 52.2. The van der Waals surface area contributed by atoms with Crippen LogP contribution in [0.3, 0.4) is 0 Å². The maximum absolute atomic E-state index is 8.03. The van der Waals surface area contributed by atoms with Crippen molar-refractivity contribution in [3.8, 4) is 67.1 Å². The number of benzene rings is 15. The van der Waals surface area contributed by atoms with Gasteiger partial charge in [0.15, 0.2) is 0 Å². The third-order valence-corrected chi connectivity index (χ3v) is 23.3. The molecule has 0 fully saturated rings. The van der Waals surface area contributed by atoms with Gasteiger partial charge in [0.2, 0.25) is 0 Å². The van der Waals surface area contributed by atoms with Gasteiger partial charge in [0.25, 0.3) is 13.4 Å². The Balaban J connectivity index is 0.913. The molecule has 0 spiro atoms. The summed E-state index contributed by atoms with van der Waals surface area (Å²) in [6.07, 6.45) is 0. The van der Waals surface area contributed by atoms with E-state index in [1.165, 1.54) is 128 Å². The molecule has 4 heterocycles. The molecule has 0 saturated carbocycles. The molecule has 0 amide bonds. The second kappa shape index (κ2) is 25.6. The second-order valence-corrected chi connectivity index (χ2v) is 30.0. The molecule has 0 aliphatic carbocycles. The minimum absolute atomic E-state index is 0.249. The maximum atomic E-state index is 8.03. The van der Waals surface area contributed by atoms with Gasteiger partial charge in [-0.3, -0.25) is 0 Å². The van der Waals surface area contributed by atoms with Crippen molar-refractivity contribution in [2.24, 2.45) is 0 Å². The van der Waals surface area contributed by atoms with E-state index in [-0.39, 0.29) is 13.4 Å². The Kier molecular flexibility index (Phi) is 15.6. The lowest BCUT2D eigenvalue weighted by Crippen LogP contribution is -2.64. The molecule has 0 saturated heterocycles. The van der Waals surface area contributed by atoms with Crippen molar-refractivity contribution in [3.63, 3.8) is 0 Å². The molecule has 107 heavy (non-hydrogen) atoms. The van der Waals surface area contributed by atoms with Gasteiger partial charge in [-0.05, 0) is 304 Å². The summed E-state index contributed by atoms with van der Waals surface area (Å²) in [4.78, 5) is 10.1. The lowest BCUT2D eigenvalue weighted by molar-refractivity contribution is 0.488. The van der Waals surface area contributed by atoms with Crippen LogP contribution >= 0.6 is 0 Å². The van der Waals surface area contributed by atoms with Crippen LogP contribution in [0.15, 0.2) is 303 Å². The topological polar surface area (TPSA) is 22.2 Å². The molecule has 0 radical (unpaired) electrons. The molecule has 7 heteroatoms. The maximum Gasteiger partial charge on any atom is 0.256 e. The summed E-state index contributed by atoms with van der Waals surface area (Å²) in [7, 11) is 0. The number of aryl methyl sites for hydroxylation is 10. The largest absolute Gasteiger partial charge is 0.458 e. The van der Waals surface area contributed by atoms with Crippen LogP contribution in [0.1, 0.15) is 55.6 Å². The molecule has 4 aliphatic rings. The number of ether oxygens (including phenoxy) is 1. The molecule has 512 valence electrons. The molecular formula is C100H80B2N4O. The summed E-state index contributed by atoms with van der Waals surface area (Å²) in [5.74, 6) is 1.64. The van der Waals surface area contributed by atoms with E-state index < -0.39 is 0 Å². The zero-order valence-corrected chi connectivity index (χ0v) is 62.2. The summed E-state index contributed by atoms with van der Waals surface area (Å²) in [6, 6.07) is 114. The molecule has 5 nitrogen and oxygen atoms in total. The van der Waals surface area contributed by atoms with E-state index in [4.69, 9.17) is 4.74 Å². The fourth-order valence-electron chi connectivity index (χ4n) is 18.7. The van der Waals surface area contributed by atoms with Crippen LogP contribution in [0.2, 0.25) is 0 Å². The lowest BCUT2D eigenvalue weighted by Gasteiger charge is -2.46. The number of rotatable bonds is 11. The number of anilines is 12. The molecule has 19 rings (SSSR count). The van der Waals surface area contributed by atoms with E-state index >= 15 is 0 Å². The van der Waals surface area contributed by atoms with Crippen LogP contribution in [0.5, 0.6) is 11.5 Å². The van der Waals surface area contributed by atoms with E-state index in [1.807, 2.05) is 0 Å². The minimum atomic E-state index is -0.289. The van der Waals surface area contributed by atoms with E-state index in [9.17, 15) is 0 Å². The Morgan fingerprint density at radius 1 is 0.224 bits per heavy atom. The molecule has 0 aromatic heterocycles. The molecule has 15 aromatic carbocycles. The Morgan fingerprint density at radius 2 is 0.561 bits per heavy atom. The van der Waals surface area contributed by atoms with Crippen molar-refractivity contribution >= 4 is 114 Å². The standard InChI is InChI=1S/C100H80B2N4O/c1-61-25-20-26-62(2)94(61)71-41-47-79(48-42-71)104-86-51-45-73(96-65(5)29-22-30-66(96)6)53-82(86)101-84-59-85-92(60-88(84)106(78-39-18-13-19-40-78)90-56-75(55-89(104)99(90)101)98-69(9)33-24-34-70(98)10)107-93-58-81(103(76-35-14-11-15-36-76)77-37-16-12-17-38-77)57-91-100(93)102(85)83-54-74(97-67(7)31-23-32-68(97)8)46-52-87(83)105(91)80-49-43-72(44-50-80)95-63(3)27-21-28-64(95)4/h11-60H,1-10H3. The van der Waals surface area contributed by atoms with Gasteiger partial charge in [-0.2, -0.15) is 0 Å². The Hall–Kier alpha value is -12.6. The zero-order valence-electron chi connectivity index (χ0n) is 62.2. The second-order valence-electron chi connectivity index (χ2n) is 30.0. The predicted octanol–water partition coefficient (Wildman–Crippen LogP) is 23.1. The van der Waals surface area contributed by atoms with E-state index in [0.29, 0.717) is 0 Å². The number of fused-ring (bicyclic) bond motifs is 8. The predicted molar refractivity (Wildman–Crippen MR) is 456 cm³/mol. The highest BCUT2D eigenvalue weighted by Gasteiger charge is 2.49. The van der Waals surface area contributed by atoms with Gasteiger partial charge in [-0.25, -0.2) is 0 Å². The molecule has 0 atom stereocenters. The van der Waals surface area contributed by atoms with Crippen molar-refractivity contribution in [2.75, 3.05) is 19.6 Å². The molecule has 4 aliphatic heterocycles. The van der Waals surface area contributed by atoms with E-state index in [2.05, 4.69) is 392 Å². The lowest BCUT2D eigenvalue weighted by atomic mass is 9.30. The van der Waals surface area contributed by atoms with Gasteiger partial charge in [-0.1, -0.05) is 200 Å². The van der Waals surface area contributed by atoms with Gasteiger partial charge in [-0.15, -0.1) is 0 Å². The summed E-state index contributed by atoms with van der Waals surface area (Å²) in [5.41, 5.74) is 44.9. The van der Waals surface area contributed by atoms with Crippen LogP contribution in [0, 0.1) is 69.2 Å². The Morgan fingerprint density at radius 3 is 0.981 bits per heavy atom. The first kappa shape index (κ1) is 65.2. The third-order valence-electron chi connectivity index (χ3n) is 23.3. The van der Waals surface area contributed by atoms with Crippen molar-refractivity contribution in [3.05, 3.63) is 359 Å². The Bertz CT molecular complexity index is 5990. The highest BCUT2D eigenvalue weighted by Crippen LogP contribution is 2.52. The SMILES string of the molecule is Cc1cccc(C)c1-c1ccc(N2c3ccc(-c4c(C)cccc4C)cc3B3c4cc5c(cc4Oc4cc(N(c6ccccc6)c6ccccc6)cc2c43)N(c2ccccc2)c2cc(-c3c(C)cccc3C)cc3c2B5c2cc(-c4c(C)cccc4C)ccc2N3c2ccc(-c3c(C)cccc3C)cc2)cc1. The van der Waals surface area contributed by atoms with Crippen LogP contribution in [-0.2, 0) is 0 Å². The van der Waals surface area contributed by atoms with Crippen LogP contribution in [-0.4, -0.2) is 13.4 Å². The summed E-state index contributed by atoms with van der Waals surface area (Å²) < 4.78 is 8.03. The first-order valence-corrected chi connectivity index (χ1v) is 37.6. The van der Waals surface area contributed by atoms with Crippen molar-refractivity contribution < 1.29 is 4.74 Å².